The van der Waals surface area contributed by atoms with Crippen molar-refractivity contribution in [3.05, 3.63) is 60.8 Å². The van der Waals surface area contributed by atoms with Crippen LogP contribution in [0.1, 0.15) is 110 Å². The maximum atomic E-state index is 12.3. The van der Waals surface area contributed by atoms with Crippen LogP contribution in [-0.2, 0) is 4.79 Å². The number of aliphatic hydroxyl groups is 3. The number of amides is 1. The fraction of sp³-hybridized carbons (Fsp3) is 0.656. The molecule has 0 radical (unpaired) electrons. The van der Waals surface area contributed by atoms with Crippen molar-refractivity contribution in [1.82, 2.24) is 5.32 Å². The molecule has 0 aromatic carbocycles. The number of unbranched alkanes of at least 4 members (excludes halogenated alkanes) is 10. The lowest BCUT2D eigenvalue weighted by Crippen LogP contribution is -2.48. The quantitative estimate of drug-likeness (QED) is 0.0640. The van der Waals surface area contributed by atoms with E-state index < -0.39 is 30.8 Å². The summed E-state index contributed by atoms with van der Waals surface area (Å²) in [6, 6.07) is -0.825. The highest BCUT2D eigenvalue weighted by atomic mass is 16.3. The van der Waals surface area contributed by atoms with Crippen LogP contribution in [0.2, 0.25) is 0 Å². The first-order chi connectivity index (χ1) is 18.1. The number of aliphatic hydroxyl groups excluding tert-OH is 3. The third-order valence-corrected chi connectivity index (χ3v) is 6.18. The topological polar surface area (TPSA) is 89.8 Å². The molecule has 0 aromatic rings. The van der Waals surface area contributed by atoms with Crippen LogP contribution >= 0.6 is 0 Å². The molecule has 0 saturated carbocycles. The zero-order chi connectivity index (χ0) is 27.4. The third kappa shape index (κ3) is 22.9. The summed E-state index contributed by atoms with van der Waals surface area (Å²) in [7, 11) is 0. The normalized spacial score (nSPS) is 15.1. The Balaban J connectivity index is 3.94. The number of hydrogen-bond donors (Lipinski definition) is 4. The summed E-state index contributed by atoms with van der Waals surface area (Å²) in [5.41, 5.74) is 0. The number of nitrogens with one attached hydrogen (secondary N) is 1. The van der Waals surface area contributed by atoms with E-state index in [2.05, 4.69) is 54.8 Å². The first-order valence-corrected chi connectivity index (χ1v) is 14.6. The molecule has 0 aliphatic heterocycles. The first kappa shape index (κ1) is 35.0. The van der Waals surface area contributed by atoms with Gasteiger partial charge in [-0.3, -0.25) is 4.79 Å². The number of carbonyl (C=O) groups excluding carboxylic acids is 1. The van der Waals surface area contributed by atoms with Gasteiger partial charge in [-0.2, -0.15) is 0 Å². The van der Waals surface area contributed by atoms with Crippen molar-refractivity contribution in [1.29, 1.82) is 0 Å². The standard InChI is InChI=1S/C32H55NO4/c1-3-5-7-9-11-13-14-15-16-17-19-21-23-25-27-31(36)32(37)33-29(28-34)30(35)26-24-22-20-18-12-10-8-6-4-2/h4,6,11-15,18,24,26,29-31,34-36H,3,5,7-10,16-17,19-23,25,27-28H2,1-2H3,(H,33,37)/b6-4+,13-11-,15-14-,18-12+,26-24+. The third-order valence-electron chi connectivity index (χ3n) is 6.18. The molecule has 5 nitrogen and oxygen atoms in total. The van der Waals surface area contributed by atoms with E-state index in [1.807, 2.05) is 19.1 Å². The van der Waals surface area contributed by atoms with E-state index in [9.17, 15) is 20.1 Å². The average Bonchev–Trinajstić information content (AvgIpc) is 2.90. The molecule has 0 heterocycles. The van der Waals surface area contributed by atoms with Gasteiger partial charge in [0.15, 0.2) is 0 Å². The van der Waals surface area contributed by atoms with Crippen molar-refractivity contribution in [2.45, 2.75) is 128 Å². The van der Waals surface area contributed by atoms with E-state index in [-0.39, 0.29) is 0 Å². The van der Waals surface area contributed by atoms with Crippen molar-refractivity contribution >= 4 is 5.91 Å². The summed E-state index contributed by atoms with van der Waals surface area (Å²) in [5.74, 6) is -0.538. The van der Waals surface area contributed by atoms with E-state index in [4.69, 9.17) is 0 Å². The van der Waals surface area contributed by atoms with Gasteiger partial charge < -0.3 is 20.6 Å². The fourth-order valence-corrected chi connectivity index (χ4v) is 3.80. The summed E-state index contributed by atoms with van der Waals surface area (Å²) >= 11 is 0. The van der Waals surface area contributed by atoms with Crippen molar-refractivity contribution < 1.29 is 20.1 Å². The van der Waals surface area contributed by atoms with Crippen LogP contribution in [0.25, 0.3) is 0 Å². The Morgan fingerprint density at radius 3 is 1.92 bits per heavy atom. The molecule has 0 aliphatic rings. The van der Waals surface area contributed by atoms with E-state index in [1.165, 1.54) is 19.3 Å². The molecule has 4 N–H and O–H groups in total. The highest BCUT2D eigenvalue weighted by Gasteiger charge is 2.22. The van der Waals surface area contributed by atoms with Crippen LogP contribution in [0.3, 0.4) is 0 Å². The van der Waals surface area contributed by atoms with Crippen molar-refractivity contribution in [2.75, 3.05) is 6.61 Å². The van der Waals surface area contributed by atoms with Crippen LogP contribution in [0.15, 0.2) is 60.8 Å². The minimum absolute atomic E-state index is 0.388. The molecule has 212 valence electrons. The molecule has 3 unspecified atom stereocenters. The molecule has 0 aromatic heterocycles. The number of rotatable bonds is 24. The highest BCUT2D eigenvalue weighted by Crippen LogP contribution is 2.10. The highest BCUT2D eigenvalue weighted by molar-refractivity contribution is 5.80. The Morgan fingerprint density at radius 2 is 1.30 bits per heavy atom. The molecular formula is C32H55NO4. The van der Waals surface area contributed by atoms with E-state index in [0.717, 1.165) is 70.6 Å². The van der Waals surface area contributed by atoms with Gasteiger partial charge in [-0.1, -0.05) is 106 Å². The number of allylic oxidation sites excluding steroid dienone is 9. The Morgan fingerprint density at radius 1 is 0.730 bits per heavy atom. The number of hydrogen-bond acceptors (Lipinski definition) is 4. The minimum atomic E-state index is -1.12. The van der Waals surface area contributed by atoms with Gasteiger partial charge in [-0.15, -0.1) is 0 Å². The van der Waals surface area contributed by atoms with Gasteiger partial charge in [-0.25, -0.2) is 0 Å². The SMILES string of the molecule is C/C=C/CC/C=C/CC/C=C/C(O)C(CO)NC(=O)C(O)CCCCCCC/C=C\C=C/CCCCC. The molecule has 0 aliphatic carbocycles. The molecule has 3 atom stereocenters. The lowest BCUT2D eigenvalue weighted by atomic mass is 10.1. The summed E-state index contributed by atoms with van der Waals surface area (Å²) in [6.07, 6.45) is 33.8. The summed E-state index contributed by atoms with van der Waals surface area (Å²) < 4.78 is 0. The zero-order valence-corrected chi connectivity index (χ0v) is 23.6. The van der Waals surface area contributed by atoms with Crippen LogP contribution < -0.4 is 5.32 Å². The summed E-state index contributed by atoms with van der Waals surface area (Å²) in [4.78, 5) is 12.3. The molecule has 1 amide bonds. The zero-order valence-electron chi connectivity index (χ0n) is 23.6. The smallest absolute Gasteiger partial charge is 0.249 e. The van der Waals surface area contributed by atoms with Gasteiger partial charge in [0.05, 0.1) is 18.8 Å². The Bertz CT molecular complexity index is 666. The lowest BCUT2D eigenvalue weighted by Gasteiger charge is -2.21. The molecule has 5 heteroatoms. The average molecular weight is 518 g/mol. The van der Waals surface area contributed by atoms with E-state index in [1.54, 1.807) is 6.08 Å². The van der Waals surface area contributed by atoms with Gasteiger partial charge in [0.1, 0.15) is 6.10 Å². The predicted octanol–water partition coefficient (Wildman–Crippen LogP) is 6.86. The molecule has 0 bridgehead atoms. The molecular weight excluding hydrogens is 462 g/mol. The summed E-state index contributed by atoms with van der Waals surface area (Å²) in [5, 5.41) is 32.6. The monoisotopic (exact) mass is 517 g/mol. The fourth-order valence-electron chi connectivity index (χ4n) is 3.80. The van der Waals surface area contributed by atoms with Gasteiger partial charge in [0, 0.05) is 0 Å². The van der Waals surface area contributed by atoms with E-state index in [0.29, 0.717) is 6.42 Å². The van der Waals surface area contributed by atoms with Gasteiger partial charge >= 0.3 is 0 Å². The van der Waals surface area contributed by atoms with Crippen LogP contribution in [0, 0.1) is 0 Å². The first-order valence-electron chi connectivity index (χ1n) is 14.6. The maximum Gasteiger partial charge on any atom is 0.249 e. The van der Waals surface area contributed by atoms with Gasteiger partial charge in [0.2, 0.25) is 5.91 Å². The molecule has 37 heavy (non-hydrogen) atoms. The predicted molar refractivity (Wildman–Crippen MR) is 157 cm³/mol. The maximum absolute atomic E-state index is 12.3. The summed E-state index contributed by atoms with van der Waals surface area (Å²) in [6.45, 7) is 3.84. The van der Waals surface area contributed by atoms with Gasteiger partial charge in [0.25, 0.3) is 0 Å². The second-order valence-electron chi connectivity index (χ2n) is 9.62. The largest absolute Gasteiger partial charge is 0.394 e. The van der Waals surface area contributed by atoms with Crippen LogP contribution in [0.5, 0.6) is 0 Å². The van der Waals surface area contributed by atoms with Crippen LogP contribution in [-0.4, -0.2) is 46.1 Å². The molecule has 0 fully saturated rings. The van der Waals surface area contributed by atoms with Crippen molar-refractivity contribution in [3.8, 4) is 0 Å². The van der Waals surface area contributed by atoms with Crippen LogP contribution in [0.4, 0.5) is 0 Å². The van der Waals surface area contributed by atoms with E-state index >= 15 is 0 Å². The minimum Gasteiger partial charge on any atom is -0.394 e. The van der Waals surface area contributed by atoms with Crippen molar-refractivity contribution in [3.63, 3.8) is 0 Å². The van der Waals surface area contributed by atoms with Crippen molar-refractivity contribution in [2.24, 2.45) is 0 Å². The molecule has 0 rings (SSSR count). The molecule has 0 spiro atoms. The van der Waals surface area contributed by atoms with Gasteiger partial charge in [-0.05, 0) is 64.7 Å². The second-order valence-corrected chi connectivity index (χ2v) is 9.62. The second kappa shape index (κ2) is 27.1. The Labute approximate surface area is 227 Å². The Hall–Kier alpha value is -1.95. The molecule has 0 saturated heterocycles. The lowest BCUT2D eigenvalue weighted by molar-refractivity contribution is -0.131. The number of carbonyl (C=O) groups is 1. The Kier molecular flexibility index (Phi) is 25.7.